The van der Waals surface area contributed by atoms with Crippen LogP contribution in [0.15, 0.2) is 45.6 Å². The third-order valence-electron chi connectivity index (χ3n) is 3.63. The van der Waals surface area contributed by atoms with Crippen molar-refractivity contribution < 1.29 is 18.7 Å². The molecule has 134 valence electrons. The van der Waals surface area contributed by atoms with E-state index in [1.54, 1.807) is 18.2 Å². The van der Waals surface area contributed by atoms with E-state index in [0.29, 0.717) is 22.2 Å². The number of carbonyl (C=O) groups excluding carboxylic acids is 1. The van der Waals surface area contributed by atoms with Crippen molar-refractivity contribution in [1.29, 1.82) is 0 Å². The number of fused-ring (bicyclic) bond motifs is 1. The van der Waals surface area contributed by atoms with Gasteiger partial charge in [-0.15, -0.1) is 0 Å². The van der Waals surface area contributed by atoms with Crippen LogP contribution < -0.4 is 20.2 Å². The third-order valence-corrected chi connectivity index (χ3v) is 4.13. The second-order valence-electron chi connectivity index (χ2n) is 5.26. The Kier molecular flexibility index (Phi) is 5.06. The monoisotopic (exact) mass is 393 g/mol. The first kappa shape index (κ1) is 18.1. The molecule has 0 radical (unpaired) electrons. The molecule has 0 fully saturated rings. The molecule has 0 aliphatic rings. The van der Waals surface area contributed by atoms with Gasteiger partial charge in [0, 0.05) is 17.2 Å². The molecule has 0 atom stereocenters. The first-order valence-electron chi connectivity index (χ1n) is 7.39. The molecular formula is C18H13Cl2NO5. The molecular weight excluding hydrogens is 381 g/mol. The zero-order valence-electron chi connectivity index (χ0n) is 13.8. The summed E-state index contributed by atoms with van der Waals surface area (Å²) >= 11 is 12.0. The van der Waals surface area contributed by atoms with E-state index >= 15 is 0 Å². The summed E-state index contributed by atoms with van der Waals surface area (Å²) in [5, 5.41) is 3.27. The second-order valence-corrected chi connectivity index (χ2v) is 6.10. The molecule has 1 heterocycles. The molecule has 3 rings (SSSR count). The van der Waals surface area contributed by atoms with E-state index < -0.39 is 11.3 Å². The number of anilines is 1. The smallest absolute Gasteiger partial charge is 0.291 e. The number of amides is 1. The summed E-state index contributed by atoms with van der Waals surface area (Å²) < 4.78 is 15.9. The van der Waals surface area contributed by atoms with Crippen LogP contribution in [-0.4, -0.2) is 20.1 Å². The molecule has 0 aliphatic heterocycles. The molecule has 8 heteroatoms. The van der Waals surface area contributed by atoms with Crippen molar-refractivity contribution in [2.45, 2.75) is 0 Å². The van der Waals surface area contributed by atoms with Crippen molar-refractivity contribution in [3.8, 4) is 11.5 Å². The minimum Gasteiger partial charge on any atom is -0.497 e. The van der Waals surface area contributed by atoms with Crippen LogP contribution in [0.5, 0.6) is 11.5 Å². The quantitative estimate of drug-likeness (QED) is 0.711. The second kappa shape index (κ2) is 7.27. The lowest BCUT2D eigenvalue weighted by molar-refractivity contribution is 0.0997. The van der Waals surface area contributed by atoms with E-state index in [1.807, 2.05) is 0 Å². The van der Waals surface area contributed by atoms with Gasteiger partial charge in [0.15, 0.2) is 16.8 Å². The van der Waals surface area contributed by atoms with Gasteiger partial charge in [-0.25, -0.2) is 0 Å². The molecule has 2 aromatic carbocycles. The number of benzene rings is 2. The third kappa shape index (κ3) is 3.47. The number of methoxy groups -OCH3 is 2. The number of rotatable bonds is 4. The molecule has 1 N–H and O–H groups in total. The zero-order valence-corrected chi connectivity index (χ0v) is 15.3. The molecule has 1 amide bonds. The van der Waals surface area contributed by atoms with Gasteiger partial charge < -0.3 is 19.2 Å². The van der Waals surface area contributed by atoms with E-state index in [-0.39, 0.29) is 21.8 Å². The summed E-state index contributed by atoms with van der Waals surface area (Å²) in [6, 6.07) is 8.84. The minimum absolute atomic E-state index is 0.0930. The number of nitrogens with one attached hydrogen (secondary N) is 1. The van der Waals surface area contributed by atoms with Crippen molar-refractivity contribution in [2.75, 3.05) is 19.5 Å². The predicted octanol–water partition coefficient (Wildman–Crippen LogP) is 4.37. The molecule has 0 aliphatic carbocycles. The zero-order chi connectivity index (χ0) is 18.8. The maximum absolute atomic E-state index is 12.5. The van der Waals surface area contributed by atoms with Gasteiger partial charge in [-0.2, -0.15) is 0 Å². The Morgan fingerprint density at radius 1 is 1.08 bits per heavy atom. The molecule has 0 saturated heterocycles. The Labute approximate surface area is 158 Å². The normalized spacial score (nSPS) is 10.6. The van der Waals surface area contributed by atoms with E-state index in [9.17, 15) is 9.59 Å². The van der Waals surface area contributed by atoms with Gasteiger partial charge >= 0.3 is 0 Å². The van der Waals surface area contributed by atoms with E-state index in [1.165, 1.54) is 26.4 Å². The van der Waals surface area contributed by atoms with Crippen LogP contribution in [0.1, 0.15) is 10.6 Å². The fourth-order valence-electron chi connectivity index (χ4n) is 2.38. The molecule has 26 heavy (non-hydrogen) atoms. The van der Waals surface area contributed by atoms with E-state index in [4.69, 9.17) is 37.1 Å². The maximum atomic E-state index is 12.5. The highest BCUT2D eigenvalue weighted by Gasteiger charge is 2.17. The minimum atomic E-state index is -0.626. The highest BCUT2D eigenvalue weighted by molar-refractivity contribution is 6.38. The van der Waals surface area contributed by atoms with Crippen molar-refractivity contribution in [3.63, 3.8) is 0 Å². The first-order valence-corrected chi connectivity index (χ1v) is 8.15. The highest BCUT2D eigenvalue weighted by Crippen LogP contribution is 2.30. The van der Waals surface area contributed by atoms with Gasteiger partial charge in [-0.1, -0.05) is 23.2 Å². The van der Waals surface area contributed by atoms with Gasteiger partial charge in [0.1, 0.15) is 11.5 Å². The Bertz CT molecular complexity index is 1060. The lowest BCUT2D eigenvalue weighted by Gasteiger charge is -2.11. The summed E-state index contributed by atoms with van der Waals surface area (Å²) in [5.41, 5.74) is 0.0566. The fourth-order valence-corrected chi connectivity index (χ4v) is 2.91. The molecule has 0 saturated carbocycles. The van der Waals surface area contributed by atoms with E-state index in [2.05, 4.69) is 5.32 Å². The SMILES string of the molecule is COc1ccc(NC(=O)c2cc(=O)c3cc(Cl)cc(Cl)c3o2)c(OC)c1. The number of hydrogen-bond acceptors (Lipinski definition) is 5. The predicted molar refractivity (Wildman–Crippen MR) is 100 cm³/mol. The summed E-state index contributed by atoms with van der Waals surface area (Å²) in [5.74, 6) is 0.148. The molecule has 3 aromatic rings. The van der Waals surface area contributed by atoms with Crippen LogP contribution in [-0.2, 0) is 0 Å². The van der Waals surface area contributed by atoms with Gasteiger partial charge in [0.25, 0.3) is 5.91 Å². The van der Waals surface area contributed by atoms with Crippen molar-refractivity contribution in [1.82, 2.24) is 0 Å². The molecule has 0 unspecified atom stereocenters. The number of hydrogen-bond donors (Lipinski definition) is 1. The highest BCUT2D eigenvalue weighted by atomic mass is 35.5. The standard InChI is InChI=1S/C18H13Cl2NO5/c1-24-10-3-4-13(15(7-10)25-2)21-18(23)16-8-14(22)11-5-9(19)6-12(20)17(11)26-16/h3-8H,1-2H3,(H,21,23). The number of carbonyl (C=O) groups is 1. The van der Waals surface area contributed by atoms with Crippen LogP contribution in [0, 0.1) is 0 Å². The number of ether oxygens (including phenoxy) is 2. The Morgan fingerprint density at radius 3 is 2.54 bits per heavy atom. The molecule has 0 spiro atoms. The van der Waals surface area contributed by atoms with Crippen LogP contribution >= 0.6 is 23.2 Å². The summed E-state index contributed by atoms with van der Waals surface area (Å²) in [4.78, 5) is 24.8. The summed E-state index contributed by atoms with van der Waals surface area (Å²) in [6.45, 7) is 0. The van der Waals surface area contributed by atoms with Crippen LogP contribution in [0.4, 0.5) is 5.69 Å². The maximum Gasteiger partial charge on any atom is 0.291 e. The summed E-state index contributed by atoms with van der Waals surface area (Å²) in [7, 11) is 2.98. The Balaban J connectivity index is 2.00. The van der Waals surface area contributed by atoms with Crippen LogP contribution in [0.25, 0.3) is 11.0 Å². The Hall–Kier alpha value is -2.70. The van der Waals surface area contributed by atoms with Crippen molar-refractivity contribution in [3.05, 3.63) is 62.4 Å². The average molecular weight is 394 g/mol. The van der Waals surface area contributed by atoms with Crippen molar-refractivity contribution in [2.24, 2.45) is 0 Å². The first-order chi connectivity index (χ1) is 12.4. The van der Waals surface area contributed by atoms with Crippen LogP contribution in [0.2, 0.25) is 10.0 Å². The van der Waals surface area contributed by atoms with Gasteiger partial charge in [-0.05, 0) is 24.3 Å². The summed E-state index contributed by atoms with van der Waals surface area (Å²) in [6.07, 6.45) is 0. The van der Waals surface area contributed by atoms with Gasteiger partial charge in [0.2, 0.25) is 0 Å². The topological polar surface area (TPSA) is 77.8 Å². The lowest BCUT2D eigenvalue weighted by atomic mass is 10.2. The van der Waals surface area contributed by atoms with Crippen LogP contribution in [0.3, 0.4) is 0 Å². The molecule has 0 bridgehead atoms. The lowest BCUT2D eigenvalue weighted by Crippen LogP contribution is -2.15. The number of halogens is 2. The molecule has 6 nitrogen and oxygen atoms in total. The van der Waals surface area contributed by atoms with Crippen molar-refractivity contribution >= 4 is 45.8 Å². The Morgan fingerprint density at radius 2 is 1.85 bits per heavy atom. The van der Waals surface area contributed by atoms with E-state index in [0.717, 1.165) is 6.07 Å². The largest absolute Gasteiger partial charge is 0.497 e. The van der Waals surface area contributed by atoms with Gasteiger partial charge in [-0.3, -0.25) is 9.59 Å². The molecule has 1 aromatic heterocycles. The fraction of sp³-hybridized carbons (Fsp3) is 0.111. The average Bonchev–Trinajstić information content (AvgIpc) is 2.62. The van der Waals surface area contributed by atoms with Gasteiger partial charge in [0.05, 0.1) is 30.3 Å².